The smallest absolute Gasteiger partial charge is 0.159 e. The molecule has 0 saturated heterocycles. The van der Waals surface area contributed by atoms with E-state index in [1.54, 1.807) is 0 Å². The molecule has 5 aromatic rings. The van der Waals surface area contributed by atoms with Gasteiger partial charge in [0.2, 0.25) is 0 Å². The maximum absolute atomic E-state index is 14.6. The van der Waals surface area contributed by atoms with Crippen molar-refractivity contribution in [1.82, 2.24) is 30.0 Å². The summed E-state index contributed by atoms with van der Waals surface area (Å²) in [6, 6.07) is 13.1. The molecule has 5 rings (SSSR count). The van der Waals surface area contributed by atoms with Crippen LogP contribution in [0.25, 0.3) is 33.5 Å². The molecule has 43 heavy (non-hydrogen) atoms. The van der Waals surface area contributed by atoms with E-state index >= 15 is 0 Å². The Labute approximate surface area is 251 Å². The van der Waals surface area contributed by atoms with Gasteiger partial charge in [0.1, 0.15) is 11.5 Å². The number of nitrogens with zero attached hydrogens (tertiary/aromatic N) is 4. The highest BCUT2D eigenvalue weighted by atomic mass is 19.1. The molecule has 0 fully saturated rings. The van der Waals surface area contributed by atoms with Crippen molar-refractivity contribution in [3.63, 3.8) is 0 Å². The van der Waals surface area contributed by atoms with E-state index in [0.29, 0.717) is 40.9 Å². The lowest BCUT2D eigenvalue weighted by Gasteiger charge is -2.15. The Kier molecular flexibility index (Phi) is 9.16. The van der Waals surface area contributed by atoms with Gasteiger partial charge in [0.25, 0.3) is 0 Å². The van der Waals surface area contributed by atoms with Gasteiger partial charge in [-0.2, -0.15) is 5.10 Å². The standard InChI is InChI=1S/C33H40FN9/c1-20(2)8-9-37-27-14-24(18-36-19-27)22-6-7-30-28(15-22)32(42-41-30)33-39-21(3)31(40-33)29(17-35)23-12-25(34)16-26(13-23)38-10-11-43(4)5/h6-7,12-20,29,35,37-38H,8-11H2,1-5H3,(H,39,40)(H,41,42). The Morgan fingerprint density at radius 3 is 2.58 bits per heavy atom. The monoisotopic (exact) mass is 581 g/mol. The van der Waals surface area contributed by atoms with Crippen LogP contribution < -0.4 is 10.6 Å². The van der Waals surface area contributed by atoms with Crippen molar-refractivity contribution in [1.29, 1.82) is 5.41 Å². The van der Waals surface area contributed by atoms with Crippen LogP contribution in [0.3, 0.4) is 0 Å². The largest absolute Gasteiger partial charge is 0.384 e. The van der Waals surface area contributed by atoms with Gasteiger partial charge >= 0.3 is 0 Å². The normalized spacial score (nSPS) is 12.3. The predicted octanol–water partition coefficient (Wildman–Crippen LogP) is 6.68. The highest BCUT2D eigenvalue weighted by Crippen LogP contribution is 2.33. The van der Waals surface area contributed by atoms with E-state index in [-0.39, 0.29) is 5.82 Å². The van der Waals surface area contributed by atoms with Crippen LogP contribution in [0.2, 0.25) is 0 Å². The number of aromatic amines is 2. The van der Waals surface area contributed by atoms with Crippen LogP contribution >= 0.6 is 0 Å². The summed E-state index contributed by atoms with van der Waals surface area (Å²) in [6.07, 6.45) is 6.11. The number of likely N-dealkylation sites (N-methyl/N-ethyl adjacent to an activating group) is 1. The molecule has 0 radical (unpaired) electrons. The van der Waals surface area contributed by atoms with Crippen molar-refractivity contribution >= 4 is 28.5 Å². The zero-order valence-electron chi connectivity index (χ0n) is 25.4. The Hall–Kier alpha value is -4.57. The first kappa shape index (κ1) is 29.9. The van der Waals surface area contributed by atoms with Crippen LogP contribution in [0.5, 0.6) is 0 Å². The fourth-order valence-corrected chi connectivity index (χ4v) is 5.11. The zero-order valence-corrected chi connectivity index (χ0v) is 25.4. The molecule has 10 heteroatoms. The van der Waals surface area contributed by atoms with E-state index in [0.717, 1.165) is 52.9 Å². The second-order valence-corrected chi connectivity index (χ2v) is 11.6. The second-order valence-electron chi connectivity index (χ2n) is 11.6. The van der Waals surface area contributed by atoms with Crippen LogP contribution in [0.15, 0.2) is 54.9 Å². The molecule has 0 saturated carbocycles. The van der Waals surface area contributed by atoms with E-state index in [4.69, 9.17) is 10.4 Å². The number of nitrogens with one attached hydrogen (secondary N) is 5. The number of aryl methyl sites for hydroxylation is 1. The molecule has 3 heterocycles. The van der Waals surface area contributed by atoms with Gasteiger partial charge in [-0.25, -0.2) is 9.37 Å². The minimum absolute atomic E-state index is 0.357. The highest BCUT2D eigenvalue weighted by Gasteiger charge is 2.22. The maximum Gasteiger partial charge on any atom is 0.159 e. The third-order valence-electron chi connectivity index (χ3n) is 7.46. The molecule has 2 aromatic carbocycles. The third kappa shape index (κ3) is 7.09. The number of anilines is 2. The lowest BCUT2D eigenvalue weighted by molar-refractivity contribution is 0.425. The number of imidazole rings is 1. The molecule has 0 bridgehead atoms. The van der Waals surface area contributed by atoms with Gasteiger partial charge in [0, 0.05) is 60.6 Å². The van der Waals surface area contributed by atoms with Gasteiger partial charge in [-0.3, -0.25) is 10.1 Å². The lowest BCUT2D eigenvalue weighted by atomic mass is 9.95. The van der Waals surface area contributed by atoms with Crippen molar-refractivity contribution in [3.05, 3.63) is 77.6 Å². The summed E-state index contributed by atoms with van der Waals surface area (Å²) in [4.78, 5) is 14.8. The van der Waals surface area contributed by atoms with Crippen LogP contribution in [0, 0.1) is 24.1 Å². The topological polar surface area (TPSA) is 121 Å². The Morgan fingerprint density at radius 1 is 1.00 bits per heavy atom. The number of halogens is 1. The third-order valence-corrected chi connectivity index (χ3v) is 7.46. The first-order chi connectivity index (χ1) is 20.7. The molecule has 0 aliphatic heterocycles. The average Bonchev–Trinajstić information content (AvgIpc) is 3.56. The number of rotatable bonds is 13. The number of hydrogen-bond acceptors (Lipinski definition) is 7. The van der Waals surface area contributed by atoms with Gasteiger partial charge in [-0.1, -0.05) is 19.9 Å². The number of aromatic nitrogens is 5. The number of H-pyrrole nitrogens is 2. The molecule has 9 nitrogen and oxygen atoms in total. The summed E-state index contributed by atoms with van der Waals surface area (Å²) in [5.41, 5.74) is 7.37. The maximum atomic E-state index is 14.6. The number of pyridine rings is 1. The second kappa shape index (κ2) is 13.2. The lowest BCUT2D eigenvalue weighted by Crippen LogP contribution is -2.21. The van der Waals surface area contributed by atoms with Crippen LogP contribution in [-0.2, 0) is 0 Å². The van der Waals surface area contributed by atoms with E-state index in [1.807, 2.05) is 45.5 Å². The van der Waals surface area contributed by atoms with Gasteiger partial charge in [0.15, 0.2) is 5.82 Å². The van der Waals surface area contributed by atoms with E-state index in [2.05, 4.69) is 67.7 Å². The molecule has 0 spiro atoms. The number of benzene rings is 2. The Morgan fingerprint density at radius 2 is 1.81 bits per heavy atom. The van der Waals surface area contributed by atoms with E-state index < -0.39 is 5.92 Å². The van der Waals surface area contributed by atoms with Crippen LogP contribution in [0.4, 0.5) is 15.8 Å². The molecule has 3 aromatic heterocycles. The predicted molar refractivity (Wildman–Crippen MR) is 174 cm³/mol. The quantitative estimate of drug-likeness (QED) is 0.0990. The van der Waals surface area contributed by atoms with Gasteiger partial charge in [0.05, 0.1) is 22.8 Å². The molecule has 224 valence electrons. The molecular formula is C33H40FN9. The van der Waals surface area contributed by atoms with Gasteiger partial charge in [-0.05, 0) is 80.9 Å². The Bertz CT molecular complexity index is 1700. The van der Waals surface area contributed by atoms with E-state index in [1.165, 1.54) is 18.3 Å². The van der Waals surface area contributed by atoms with Crippen molar-refractivity contribution in [2.24, 2.45) is 5.92 Å². The molecule has 0 amide bonds. The first-order valence-electron chi connectivity index (χ1n) is 14.7. The molecule has 0 aliphatic rings. The molecule has 0 aliphatic carbocycles. The summed E-state index contributed by atoms with van der Waals surface area (Å²) in [6.45, 7) is 8.74. The average molecular weight is 582 g/mol. The van der Waals surface area contributed by atoms with Crippen molar-refractivity contribution < 1.29 is 4.39 Å². The minimum Gasteiger partial charge on any atom is -0.384 e. The molecule has 1 unspecified atom stereocenters. The van der Waals surface area contributed by atoms with Gasteiger partial charge in [-0.15, -0.1) is 0 Å². The Balaban J connectivity index is 1.43. The molecule has 1 atom stereocenters. The summed E-state index contributed by atoms with van der Waals surface area (Å²) < 4.78 is 14.6. The summed E-state index contributed by atoms with van der Waals surface area (Å²) in [5.74, 6) is 0.343. The summed E-state index contributed by atoms with van der Waals surface area (Å²) in [7, 11) is 3.99. The van der Waals surface area contributed by atoms with Crippen molar-refractivity contribution in [3.8, 4) is 22.6 Å². The number of hydrogen-bond donors (Lipinski definition) is 5. The zero-order chi connectivity index (χ0) is 30.5. The fraction of sp³-hybridized carbons (Fsp3) is 0.333. The van der Waals surface area contributed by atoms with Crippen molar-refractivity contribution in [2.75, 3.05) is 44.4 Å². The van der Waals surface area contributed by atoms with Crippen LogP contribution in [0.1, 0.15) is 43.1 Å². The van der Waals surface area contributed by atoms with Crippen molar-refractivity contribution in [2.45, 2.75) is 33.1 Å². The van der Waals surface area contributed by atoms with Crippen LogP contribution in [-0.4, -0.2) is 70.0 Å². The van der Waals surface area contributed by atoms with Gasteiger partial charge < -0.3 is 25.9 Å². The molecule has 5 N–H and O–H groups in total. The highest BCUT2D eigenvalue weighted by molar-refractivity contribution is 5.94. The summed E-state index contributed by atoms with van der Waals surface area (Å²) in [5, 5.41) is 23.6. The minimum atomic E-state index is -0.520. The van der Waals surface area contributed by atoms with E-state index in [9.17, 15) is 4.39 Å². The SMILES string of the molecule is Cc1[nH]c(-c2n[nH]c3ccc(-c4cncc(NCCC(C)C)c4)cc23)nc1C(C=N)c1cc(F)cc(NCCN(C)C)c1. The summed E-state index contributed by atoms with van der Waals surface area (Å²) >= 11 is 0. The number of fused-ring (bicyclic) bond motifs is 1. The molecular weight excluding hydrogens is 541 g/mol. The first-order valence-corrected chi connectivity index (χ1v) is 14.7. The fourth-order valence-electron chi connectivity index (χ4n) is 5.11.